The summed E-state index contributed by atoms with van der Waals surface area (Å²) in [5, 5.41) is 3.00. The summed E-state index contributed by atoms with van der Waals surface area (Å²) in [6.07, 6.45) is 3.58. The van der Waals surface area contributed by atoms with Gasteiger partial charge in [-0.2, -0.15) is 0 Å². The summed E-state index contributed by atoms with van der Waals surface area (Å²) in [6.45, 7) is 1.23. The SMILES string of the molecule is Cn1cc(N2CCC(NC(=O)CCc3ccccc3F)CC2)c(=O)n(C)c1=O. The minimum Gasteiger partial charge on any atom is -0.366 e. The Bertz CT molecular complexity index is 974. The van der Waals surface area contributed by atoms with Crippen LogP contribution in [0.1, 0.15) is 24.8 Å². The molecule has 0 bridgehead atoms. The highest BCUT2D eigenvalue weighted by atomic mass is 19.1. The molecule has 150 valence electrons. The van der Waals surface area contributed by atoms with Crippen LogP contribution in [0.3, 0.4) is 0 Å². The van der Waals surface area contributed by atoms with Crippen LogP contribution in [0.2, 0.25) is 0 Å². The van der Waals surface area contributed by atoms with E-state index in [1.165, 1.54) is 17.7 Å². The lowest BCUT2D eigenvalue weighted by Crippen LogP contribution is -2.47. The smallest absolute Gasteiger partial charge is 0.330 e. The number of anilines is 1. The number of hydrogen-bond acceptors (Lipinski definition) is 4. The highest BCUT2D eigenvalue weighted by Crippen LogP contribution is 2.16. The molecule has 8 heteroatoms. The number of piperidine rings is 1. The molecular weight excluding hydrogens is 363 g/mol. The topological polar surface area (TPSA) is 76.3 Å². The van der Waals surface area contributed by atoms with Crippen molar-refractivity contribution in [2.45, 2.75) is 31.7 Å². The van der Waals surface area contributed by atoms with Gasteiger partial charge in [-0.3, -0.25) is 14.2 Å². The van der Waals surface area contributed by atoms with E-state index in [1.54, 1.807) is 31.4 Å². The summed E-state index contributed by atoms with van der Waals surface area (Å²) in [7, 11) is 3.09. The second-order valence-corrected chi connectivity index (χ2v) is 7.19. The summed E-state index contributed by atoms with van der Waals surface area (Å²) in [5.41, 5.74) is 0.369. The maximum atomic E-state index is 13.6. The first kappa shape index (κ1) is 19.9. The Kier molecular flexibility index (Phi) is 5.96. The highest BCUT2D eigenvalue weighted by molar-refractivity contribution is 5.76. The molecule has 0 saturated carbocycles. The van der Waals surface area contributed by atoms with Gasteiger partial charge < -0.3 is 14.8 Å². The number of halogens is 1. The number of nitrogens with zero attached hydrogens (tertiary/aromatic N) is 3. The van der Waals surface area contributed by atoms with Crippen molar-refractivity contribution < 1.29 is 9.18 Å². The number of aromatic nitrogens is 2. The molecule has 7 nitrogen and oxygen atoms in total. The molecule has 1 aliphatic heterocycles. The van der Waals surface area contributed by atoms with Crippen LogP contribution in [0.25, 0.3) is 0 Å². The van der Waals surface area contributed by atoms with E-state index in [9.17, 15) is 18.8 Å². The van der Waals surface area contributed by atoms with Gasteiger partial charge in [0.05, 0.1) is 0 Å². The molecule has 0 atom stereocenters. The Labute approximate surface area is 162 Å². The molecular formula is C20H25FN4O3. The van der Waals surface area contributed by atoms with Crippen molar-refractivity contribution in [1.29, 1.82) is 0 Å². The van der Waals surface area contributed by atoms with Gasteiger partial charge in [0.25, 0.3) is 5.56 Å². The molecule has 1 aromatic carbocycles. The number of benzene rings is 1. The summed E-state index contributed by atoms with van der Waals surface area (Å²) in [4.78, 5) is 38.3. The predicted octanol–water partition coefficient (Wildman–Crippen LogP) is 0.941. The van der Waals surface area contributed by atoms with Crippen molar-refractivity contribution >= 4 is 11.6 Å². The van der Waals surface area contributed by atoms with E-state index >= 15 is 0 Å². The van der Waals surface area contributed by atoms with Crippen LogP contribution in [0.5, 0.6) is 0 Å². The van der Waals surface area contributed by atoms with Gasteiger partial charge in [-0.25, -0.2) is 9.18 Å². The van der Waals surface area contributed by atoms with Gasteiger partial charge in [0.15, 0.2) is 0 Å². The molecule has 2 aromatic rings. The van der Waals surface area contributed by atoms with Gasteiger partial charge in [-0.1, -0.05) is 18.2 Å². The van der Waals surface area contributed by atoms with Crippen LogP contribution in [0.15, 0.2) is 40.1 Å². The summed E-state index contributed by atoms with van der Waals surface area (Å²) < 4.78 is 16.1. The number of amides is 1. The zero-order chi connectivity index (χ0) is 20.3. The predicted molar refractivity (Wildman–Crippen MR) is 105 cm³/mol. The van der Waals surface area contributed by atoms with Gasteiger partial charge in [0.1, 0.15) is 11.5 Å². The van der Waals surface area contributed by atoms with Gasteiger partial charge in [-0.05, 0) is 30.9 Å². The van der Waals surface area contributed by atoms with Crippen molar-refractivity contribution in [2.24, 2.45) is 14.1 Å². The van der Waals surface area contributed by atoms with Gasteiger partial charge >= 0.3 is 5.69 Å². The Hall–Kier alpha value is -2.90. The lowest BCUT2D eigenvalue weighted by atomic mass is 10.0. The average molecular weight is 388 g/mol. The molecule has 1 fully saturated rings. The first-order valence-corrected chi connectivity index (χ1v) is 9.41. The van der Waals surface area contributed by atoms with Crippen molar-refractivity contribution in [2.75, 3.05) is 18.0 Å². The van der Waals surface area contributed by atoms with Gasteiger partial charge in [0, 0.05) is 45.8 Å². The quantitative estimate of drug-likeness (QED) is 0.827. The number of aryl methyl sites for hydroxylation is 2. The molecule has 0 radical (unpaired) electrons. The fraction of sp³-hybridized carbons (Fsp3) is 0.450. The standard InChI is InChI=1S/C20H25FN4O3/c1-23-13-17(19(27)24(2)20(23)28)25-11-9-15(10-12-25)22-18(26)8-7-14-5-3-4-6-16(14)21/h3-6,13,15H,7-12H2,1-2H3,(H,22,26). The molecule has 0 aliphatic carbocycles. The van der Waals surface area contributed by atoms with Crippen LogP contribution >= 0.6 is 0 Å². The van der Waals surface area contributed by atoms with Gasteiger partial charge in [-0.15, -0.1) is 0 Å². The third-order valence-electron chi connectivity index (χ3n) is 5.21. The Morgan fingerprint density at radius 3 is 2.54 bits per heavy atom. The fourth-order valence-corrected chi connectivity index (χ4v) is 3.52. The van der Waals surface area contributed by atoms with E-state index in [0.717, 1.165) is 4.57 Å². The molecule has 1 aliphatic rings. The number of carbonyl (C=O) groups is 1. The first-order chi connectivity index (χ1) is 13.4. The molecule has 1 N–H and O–H groups in total. The van der Waals surface area contributed by atoms with Crippen LogP contribution in [0, 0.1) is 5.82 Å². The molecule has 0 unspecified atom stereocenters. The number of nitrogens with one attached hydrogen (secondary N) is 1. The summed E-state index contributed by atoms with van der Waals surface area (Å²) in [6, 6.07) is 6.50. The van der Waals surface area contributed by atoms with Crippen molar-refractivity contribution in [3.05, 3.63) is 62.7 Å². The minimum atomic E-state index is -0.356. The Balaban J connectivity index is 1.53. The fourth-order valence-electron chi connectivity index (χ4n) is 3.52. The first-order valence-electron chi connectivity index (χ1n) is 9.41. The second kappa shape index (κ2) is 8.41. The average Bonchev–Trinajstić information content (AvgIpc) is 2.69. The summed E-state index contributed by atoms with van der Waals surface area (Å²) >= 11 is 0. The third-order valence-corrected chi connectivity index (χ3v) is 5.21. The van der Waals surface area contributed by atoms with Crippen molar-refractivity contribution in [3.8, 4) is 0 Å². The number of rotatable bonds is 5. The Morgan fingerprint density at radius 2 is 1.86 bits per heavy atom. The molecule has 0 spiro atoms. The highest BCUT2D eigenvalue weighted by Gasteiger charge is 2.23. The largest absolute Gasteiger partial charge is 0.366 e. The van der Waals surface area contributed by atoms with E-state index < -0.39 is 0 Å². The van der Waals surface area contributed by atoms with E-state index in [4.69, 9.17) is 0 Å². The molecule has 1 saturated heterocycles. The second-order valence-electron chi connectivity index (χ2n) is 7.19. The maximum absolute atomic E-state index is 13.6. The molecule has 1 aromatic heterocycles. The molecule has 2 heterocycles. The van der Waals surface area contributed by atoms with E-state index in [-0.39, 0.29) is 35.4 Å². The minimum absolute atomic E-state index is 0.0285. The van der Waals surface area contributed by atoms with Crippen LogP contribution in [-0.2, 0) is 25.3 Å². The van der Waals surface area contributed by atoms with E-state index in [2.05, 4.69) is 5.32 Å². The normalized spacial score (nSPS) is 14.9. The molecule has 1 amide bonds. The van der Waals surface area contributed by atoms with Crippen molar-refractivity contribution in [1.82, 2.24) is 14.5 Å². The van der Waals surface area contributed by atoms with Gasteiger partial charge in [0.2, 0.25) is 5.91 Å². The summed E-state index contributed by atoms with van der Waals surface area (Å²) in [5.74, 6) is -0.387. The molecule has 28 heavy (non-hydrogen) atoms. The lowest BCUT2D eigenvalue weighted by Gasteiger charge is -2.33. The van der Waals surface area contributed by atoms with Crippen LogP contribution in [-0.4, -0.2) is 34.2 Å². The zero-order valence-electron chi connectivity index (χ0n) is 16.2. The number of carbonyl (C=O) groups excluding carboxylic acids is 1. The lowest BCUT2D eigenvalue weighted by molar-refractivity contribution is -0.121. The monoisotopic (exact) mass is 388 g/mol. The number of hydrogen-bond donors (Lipinski definition) is 1. The third kappa shape index (κ3) is 4.32. The zero-order valence-corrected chi connectivity index (χ0v) is 16.2. The maximum Gasteiger partial charge on any atom is 0.330 e. The molecule has 3 rings (SSSR count). The Morgan fingerprint density at radius 1 is 1.18 bits per heavy atom. The van der Waals surface area contributed by atoms with Crippen molar-refractivity contribution in [3.63, 3.8) is 0 Å². The van der Waals surface area contributed by atoms with Crippen LogP contribution in [0.4, 0.5) is 10.1 Å². The van der Waals surface area contributed by atoms with E-state index in [1.807, 2.05) is 4.90 Å². The van der Waals surface area contributed by atoms with E-state index in [0.29, 0.717) is 43.6 Å². The van der Waals surface area contributed by atoms with Crippen LogP contribution < -0.4 is 21.5 Å².